The van der Waals surface area contributed by atoms with Crippen LogP contribution in [-0.4, -0.2) is 132 Å². The molecule has 1 amide bonds. The molecule has 0 heterocycles. The number of rotatable bonds is 38. The maximum absolute atomic E-state index is 12.3. The average molecular weight is 838 g/mol. The molecule has 0 saturated carbocycles. The lowest BCUT2D eigenvalue weighted by molar-refractivity contribution is -0.0236. The number of carbonyl (C=O) groups excluding carboxylic acids is 1. The second kappa shape index (κ2) is 33.1. The Morgan fingerprint density at radius 1 is 0.483 bits per heavy atom. The highest BCUT2D eigenvalue weighted by Crippen LogP contribution is 2.44. The normalized spacial score (nSPS) is 12.1. The molecule has 12 heteroatoms. The van der Waals surface area contributed by atoms with Crippen molar-refractivity contribution in [2.45, 2.75) is 64.2 Å². The Morgan fingerprint density at radius 2 is 0.917 bits per heavy atom. The number of carbonyl (C=O) groups is 1. The number of ether oxygens (including phenoxy) is 10. The summed E-state index contributed by atoms with van der Waals surface area (Å²) in [6.07, 6.45) is 9.34. The molecule has 334 valence electrons. The molecule has 0 saturated heterocycles. The van der Waals surface area contributed by atoms with Crippen molar-refractivity contribution in [3.8, 4) is 16.9 Å². The van der Waals surface area contributed by atoms with E-state index in [1.807, 2.05) is 36.4 Å². The van der Waals surface area contributed by atoms with Gasteiger partial charge in [-0.05, 0) is 59.2 Å². The van der Waals surface area contributed by atoms with Crippen LogP contribution in [0.2, 0.25) is 0 Å². The predicted molar refractivity (Wildman–Crippen MR) is 233 cm³/mol. The standard InChI is InChI=1S/C48H71NO11/c1-2-3-4-5-6-7-13-41-18-20-42(21-19-41)59-39-38-58-37-36-57-35-34-56-33-32-55-31-30-54-29-28-53-27-26-52-25-24-51-23-12-22-49-48(50)60-40-47-45-16-10-8-14-43(45)44-15-9-11-17-46(44)47/h8-11,14-21,47H,2-7,12-13,22-40H2,1H3,(H,49,50). The summed E-state index contributed by atoms with van der Waals surface area (Å²) in [6.45, 7) is 11.6. The van der Waals surface area contributed by atoms with E-state index in [1.54, 1.807) is 0 Å². The largest absolute Gasteiger partial charge is 0.491 e. The van der Waals surface area contributed by atoms with Gasteiger partial charge in [0.25, 0.3) is 0 Å². The molecule has 1 aliphatic rings. The molecule has 0 aromatic heterocycles. The monoisotopic (exact) mass is 838 g/mol. The molecule has 1 aliphatic carbocycles. The third-order valence-corrected chi connectivity index (χ3v) is 9.92. The first-order chi connectivity index (χ1) is 29.8. The Kier molecular flexibility index (Phi) is 27.1. The highest BCUT2D eigenvalue weighted by Gasteiger charge is 2.29. The van der Waals surface area contributed by atoms with Crippen molar-refractivity contribution in [2.75, 3.05) is 125 Å². The Hall–Kier alpha value is -3.59. The first-order valence-corrected chi connectivity index (χ1v) is 22.2. The molecule has 0 bridgehead atoms. The summed E-state index contributed by atoms with van der Waals surface area (Å²) in [5, 5.41) is 2.81. The Morgan fingerprint density at radius 3 is 1.42 bits per heavy atom. The Balaban J connectivity index is 0.792. The van der Waals surface area contributed by atoms with Crippen molar-refractivity contribution >= 4 is 6.09 Å². The zero-order chi connectivity index (χ0) is 42.0. The number of nitrogens with one attached hydrogen (secondary N) is 1. The summed E-state index contributed by atoms with van der Waals surface area (Å²) in [5.74, 6) is 0.932. The first kappa shape index (κ1) is 49.1. The highest BCUT2D eigenvalue weighted by molar-refractivity contribution is 5.79. The van der Waals surface area contributed by atoms with E-state index in [4.69, 9.17) is 47.4 Å². The van der Waals surface area contributed by atoms with Gasteiger partial charge in [0.15, 0.2) is 0 Å². The number of aryl methyl sites for hydroxylation is 1. The molecule has 12 nitrogen and oxygen atoms in total. The number of fused-ring (bicyclic) bond motifs is 3. The fraction of sp³-hybridized carbons (Fsp3) is 0.604. The minimum atomic E-state index is -0.413. The maximum atomic E-state index is 12.3. The van der Waals surface area contributed by atoms with Crippen LogP contribution in [0.25, 0.3) is 11.1 Å². The maximum Gasteiger partial charge on any atom is 0.407 e. The van der Waals surface area contributed by atoms with E-state index in [1.165, 1.54) is 66.3 Å². The van der Waals surface area contributed by atoms with Gasteiger partial charge < -0.3 is 52.7 Å². The van der Waals surface area contributed by atoms with Crippen LogP contribution in [0.5, 0.6) is 5.75 Å². The lowest BCUT2D eigenvalue weighted by Gasteiger charge is -2.14. The average Bonchev–Trinajstić information content (AvgIpc) is 3.60. The van der Waals surface area contributed by atoms with Crippen LogP contribution in [-0.2, 0) is 49.1 Å². The zero-order valence-corrected chi connectivity index (χ0v) is 36.1. The van der Waals surface area contributed by atoms with Gasteiger partial charge in [-0.2, -0.15) is 0 Å². The van der Waals surface area contributed by atoms with Gasteiger partial charge in [0.1, 0.15) is 19.0 Å². The van der Waals surface area contributed by atoms with Gasteiger partial charge in [-0.25, -0.2) is 4.79 Å². The Bertz CT molecular complexity index is 1460. The van der Waals surface area contributed by atoms with Crippen molar-refractivity contribution in [3.05, 3.63) is 89.5 Å². The fourth-order valence-electron chi connectivity index (χ4n) is 6.74. The molecule has 60 heavy (non-hydrogen) atoms. The van der Waals surface area contributed by atoms with Crippen LogP contribution in [0.4, 0.5) is 4.79 Å². The summed E-state index contributed by atoms with van der Waals surface area (Å²) in [7, 11) is 0. The topological polar surface area (TPSA) is 121 Å². The van der Waals surface area contributed by atoms with Crippen molar-refractivity contribution in [1.29, 1.82) is 0 Å². The number of alkyl carbamates (subject to hydrolysis) is 1. The smallest absolute Gasteiger partial charge is 0.407 e. The fourth-order valence-corrected chi connectivity index (χ4v) is 6.74. The molecule has 1 N–H and O–H groups in total. The van der Waals surface area contributed by atoms with Gasteiger partial charge >= 0.3 is 6.09 Å². The number of hydrogen-bond donors (Lipinski definition) is 1. The summed E-state index contributed by atoms with van der Waals surface area (Å²) < 4.78 is 55.8. The second-order valence-corrected chi connectivity index (χ2v) is 14.5. The van der Waals surface area contributed by atoms with E-state index in [-0.39, 0.29) is 5.92 Å². The molecule has 0 fully saturated rings. The molecular weight excluding hydrogens is 767 g/mol. The minimum Gasteiger partial charge on any atom is -0.491 e. The molecule has 0 spiro atoms. The zero-order valence-electron chi connectivity index (χ0n) is 36.1. The van der Waals surface area contributed by atoms with Crippen LogP contribution >= 0.6 is 0 Å². The van der Waals surface area contributed by atoms with Crippen LogP contribution in [0.15, 0.2) is 72.8 Å². The third kappa shape index (κ3) is 21.3. The van der Waals surface area contributed by atoms with Crippen molar-refractivity contribution in [1.82, 2.24) is 5.32 Å². The van der Waals surface area contributed by atoms with Crippen LogP contribution in [0, 0.1) is 0 Å². The van der Waals surface area contributed by atoms with E-state index in [2.05, 4.69) is 48.6 Å². The molecular formula is C48H71NO11. The van der Waals surface area contributed by atoms with Crippen LogP contribution in [0.1, 0.15) is 74.5 Å². The number of benzene rings is 3. The molecule has 3 aromatic carbocycles. The van der Waals surface area contributed by atoms with Crippen LogP contribution < -0.4 is 10.1 Å². The molecule has 0 aliphatic heterocycles. The molecule has 0 radical (unpaired) electrons. The van der Waals surface area contributed by atoms with E-state index in [0.29, 0.717) is 132 Å². The highest BCUT2D eigenvalue weighted by atomic mass is 16.6. The van der Waals surface area contributed by atoms with Crippen molar-refractivity contribution < 1.29 is 52.2 Å². The Labute approximate surface area is 358 Å². The van der Waals surface area contributed by atoms with Gasteiger partial charge in [-0.15, -0.1) is 0 Å². The van der Waals surface area contributed by atoms with Crippen molar-refractivity contribution in [2.24, 2.45) is 0 Å². The van der Waals surface area contributed by atoms with E-state index in [9.17, 15) is 4.79 Å². The van der Waals surface area contributed by atoms with E-state index >= 15 is 0 Å². The lowest BCUT2D eigenvalue weighted by atomic mass is 9.98. The summed E-state index contributed by atoms with van der Waals surface area (Å²) >= 11 is 0. The number of unbranched alkanes of at least 4 members (excludes halogenated alkanes) is 5. The summed E-state index contributed by atoms with van der Waals surface area (Å²) in [4.78, 5) is 12.3. The van der Waals surface area contributed by atoms with Gasteiger partial charge in [0, 0.05) is 19.1 Å². The van der Waals surface area contributed by atoms with Crippen LogP contribution in [0.3, 0.4) is 0 Å². The molecule has 0 atom stereocenters. The van der Waals surface area contributed by atoms with Gasteiger partial charge in [0.05, 0.1) is 99.1 Å². The van der Waals surface area contributed by atoms with E-state index < -0.39 is 6.09 Å². The minimum absolute atomic E-state index is 0.0505. The number of amides is 1. The summed E-state index contributed by atoms with van der Waals surface area (Å²) in [6, 6.07) is 25.0. The quantitative estimate of drug-likeness (QED) is 0.0565. The third-order valence-electron chi connectivity index (χ3n) is 9.92. The number of hydrogen-bond acceptors (Lipinski definition) is 11. The SMILES string of the molecule is CCCCCCCCc1ccc(OCCOCCOCCOCCOCCOCCOCCOCCOCCCNC(=O)OCC2c3ccccc3-c3ccccc32)cc1. The van der Waals surface area contributed by atoms with Gasteiger partial charge in [0.2, 0.25) is 0 Å². The summed E-state index contributed by atoms with van der Waals surface area (Å²) in [5.41, 5.74) is 6.19. The first-order valence-electron chi connectivity index (χ1n) is 22.2. The lowest BCUT2D eigenvalue weighted by Crippen LogP contribution is -2.27. The van der Waals surface area contributed by atoms with Gasteiger partial charge in [-0.1, -0.05) is 99.7 Å². The van der Waals surface area contributed by atoms with Gasteiger partial charge in [-0.3, -0.25) is 0 Å². The second-order valence-electron chi connectivity index (χ2n) is 14.5. The molecule has 4 rings (SSSR count). The van der Waals surface area contributed by atoms with Crippen molar-refractivity contribution in [3.63, 3.8) is 0 Å². The molecule has 3 aromatic rings. The van der Waals surface area contributed by atoms with E-state index in [0.717, 1.165) is 12.2 Å². The predicted octanol–water partition coefficient (Wildman–Crippen LogP) is 8.03. The molecule has 0 unspecified atom stereocenters.